The van der Waals surface area contributed by atoms with Crippen molar-refractivity contribution < 1.29 is 23.7 Å². The van der Waals surface area contributed by atoms with Crippen LogP contribution in [0, 0.1) is 0 Å². The predicted molar refractivity (Wildman–Crippen MR) is 185 cm³/mol. The van der Waals surface area contributed by atoms with Crippen LogP contribution in [-0.4, -0.2) is 106 Å². The van der Waals surface area contributed by atoms with Crippen molar-refractivity contribution in [2.75, 3.05) is 50.7 Å². The number of likely N-dealkylation sites (tertiary alicyclic amines) is 1. The van der Waals surface area contributed by atoms with Crippen molar-refractivity contribution in [2.45, 2.75) is 102 Å². The topological polar surface area (TPSA) is 133 Å². The van der Waals surface area contributed by atoms with E-state index in [2.05, 4.69) is 30.8 Å². The zero-order chi connectivity index (χ0) is 34.1. The molecule has 0 spiro atoms. The Hall–Kier alpha value is -3.94. The van der Waals surface area contributed by atoms with E-state index in [1.165, 1.54) is 0 Å². The molecule has 3 aromatic rings. The van der Waals surface area contributed by atoms with Gasteiger partial charge in [0.25, 0.3) is 0 Å². The lowest BCUT2D eigenvalue weighted by Crippen LogP contribution is -2.53. The van der Waals surface area contributed by atoms with E-state index in [9.17, 15) is 4.79 Å². The Balaban J connectivity index is 0.930. The number of methoxy groups -OCH3 is 1. The number of piperazine rings is 1. The fourth-order valence-corrected chi connectivity index (χ4v) is 7.76. The number of hydrogen-bond donors (Lipinski definition) is 1. The second-order valence-corrected chi connectivity index (χ2v) is 14.8. The van der Waals surface area contributed by atoms with Gasteiger partial charge in [-0.1, -0.05) is 12.1 Å². The minimum atomic E-state index is -0.475. The molecule has 2 bridgehead atoms. The number of anilines is 2. The molecule has 2 atom stereocenters. The molecular weight excluding hydrogens is 624 g/mol. The van der Waals surface area contributed by atoms with Crippen molar-refractivity contribution >= 4 is 17.6 Å². The molecule has 49 heavy (non-hydrogen) atoms. The van der Waals surface area contributed by atoms with Crippen LogP contribution in [0.5, 0.6) is 5.75 Å². The molecule has 2 unspecified atom stereocenters. The molecule has 4 fully saturated rings. The minimum absolute atomic E-state index is 0.156. The van der Waals surface area contributed by atoms with E-state index in [0.717, 1.165) is 80.9 Å². The lowest BCUT2D eigenvalue weighted by atomic mass is 9.88. The van der Waals surface area contributed by atoms with Gasteiger partial charge in [0, 0.05) is 69.4 Å². The van der Waals surface area contributed by atoms with E-state index in [1.54, 1.807) is 12.0 Å². The number of aromatic nitrogens is 4. The van der Waals surface area contributed by atoms with Crippen molar-refractivity contribution in [3.63, 3.8) is 0 Å². The number of rotatable bonds is 10. The molecule has 3 saturated heterocycles. The summed E-state index contributed by atoms with van der Waals surface area (Å²) >= 11 is 0. The zero-order valence-electron chi connectivity index (χ0n) is 29.2. The number of carbonyl (C=O) groups excluding carboxylic acids is 1. The summed E-state index contributed by atoms with van der Waals surface area (Å²) in [6, 6.07) is 11.0. The summed E-state index contributed by atoms with van der Waals surface area (Å²) in [5, 5.41) is 8.77. The van der Waals surface area contributed by atoms with Crippen molar-refractivity contribution in [1.29, 1.82) is 0 Å². The predicted octanol–water partition coefficient (Wildman–Crippen LogP) is 4.88. The number of fused-ring (bicyclic) bond motifs is 2. The Bertz CT molecular complexity index is 1580. The van der Waals surface area contributed by atoms with Gasteiger partial charge in [-0.05, 0) is 77.5 Å². The highest BCUT2D eigenvalue weighted by molar-refractivity contribution is 5.74. The second kappa shape index (κ2) is 14.1. The highest BCUT2D eigenvalue weighted by Crippen LogP contribution is 2.40. The fraction of sp³-hybridized carbons (Fsp3) is 0.611. The summed E-state index contributed by atoms with van der Waals surface area (Å²) in [5.74, 6) is 2.26. The average molecular weight is 675 g/mol. The van der Waals surface area contributed by atoms with Crippen LogP contribution in [0.2, 0.25) is 0 Å². The molecule has 2 N–H and O–H groups in total. The first kappa shape index (κ1) is 33.6. The number of nitrogens with two attached hydrogens (primary N) is 1. The Labute approximate surface area is 288 Å². The van der Waals surface area contributed by atoms with Crippen molar-refractivity contribution in [3.8, 4) is 17.0 Å². The van der Waals surface area contributed by atoms with E-state index in [4.69, 9.17) is 29.7 Å². The number of ether oxygens (including phenoxy) is 4. The van der Waals surface area contributed by atoms with E-state index in [-0.39, 0.29) is 25.1 Å². The molecule has 7 rings (SSSR count). The number of carbonyl (C=O) groups is 1. The van der Waals surface area contributed by atoms with Gasteiger partial charge >= 0.3 is 6.09 Å². The van der Waals surface area contributed by atoms with Crippen LogP contribution >= 0.6 is 0 Å². The van der Waals surface area contributed by atoms with E-state index < -0.39 is 5.60 Å². The Morgan fingerprint density at radius 3 is 2.43 bits per heavy atom. The molecule has 0 radical (unpaired) electrons. The number of amides is 1. The average Bonchev–Trinajstić information content (AvgIpc) is 3.60. The maximum absolute atomic E-state index is 12.4. The number of hydrogen-bond acceptors (Lipinski definition) is 11. The van der Waals surface area contributed by atoms with Crippen LogP contribution in [0.4, 0.5) is 16.3 Å². The smallest absolute Gasteiger partial charge is 0.410 e. The lowest BCUT2D eigenvalue weighted by molar-refractivity contribution is -0.0908. The standard InChI is InChI=1S/C36H50N8O5/c1-36(2,3)49-35(45)41-14-11-27(12-15-41)48-28-17-26(18-28)43-16-13-38-33(43)22-44-24-9-10-25(44)21-42(20-24)31-19-30(39-40-34(31)37)29-7-5-6-8-32(29)47-23-46-4/h5-8,13,16,19,24-28H,9-12,14-15,17-18,20-23H2,1-4H3,(H2,37,40). The van der Waals surface area contributed by atoms with Crippen LogP contribution in [0.1, 0.15) is 71.2 Å². The highest BCUT2D eigenvalue weighted by Gasteiger charge is 2.42. The van der Waals surface area contributed by atoms with Crippen molar-refractivity contribution in [2.24, 2.45) is 0 Å². The maximum Gasteiger partial charge on any atom is 0.410 e. The summed E-state index contributed by atoms with van der Waals surface area (Å²) in [6.45, 7) is 9.81. The Morgan fingerprint density at radius 1 is 0.980 bits per heavy atom. The van der Waals surface area contributed by atoms with Crippen LogP contribution in [0.25, 0.3) is 11.3 Å². The van der Waals surface area contributed by atoms with Crippen LogP contribution in [0.3, 0.4) is 0 Å². The number of imidazole rings is 1. The fourth-order valence-electron chi connectivity index (χ4n) is 7.76. The summed E-state index contributed by atoms with van der Waals surface area (Å²) in [4.78, 5) is 24.1. The quantitative estimate of drug-likeness (QED) is 0.295. The Morgan fingerprint density at radius 2 is 1.71 bits per heavy atom. The normalized spacial score (nSPS) is 24.6. The van der Waals surface area contributed by atoms with Gasteiger partial charge in [-0.2, -0.15) is 0 Å². The number of benzene rings is 1. The van der Waals surface area contributed by atoms with Gasteiger partial charge in [0.1, 0.15) is 17.2 Å². The van der Waals surface area contributed by atoms with Gasteiger partial charge < -0.3 is 39.0 Å². The third kappa shape index (κ3) is 7.48. The number of piperidine rings is 1. The lowest BCUT2D eigenvalue weighted by Gasteiger charge is -2.43. The number of nitrogens with zero attached hydrogens (tertiary/aromatic N) is 7. The maximum atomic E-state index is 12.4. The first-order valence-electron chi connectivity index (χ1n) is 17.7. The SMILES string of the molecule is COCOc1ccccc1-c1cc(N2CC3CCC(C2)N3Cc2nccn2C2CC(OC3CCN(C(=O)OC(C)(C)C)CC3)C2)c(N)nn1. The van der Waals surface area contributed by atoms with Gasteiger partial charge in [0.05, 0.1) is 30.1 Å². The number of para-hydroxylation sites is 1. The third-order valence-corrected chi connectivity index (χ3v) is 10.3. The van der Waals surface area contributed by atoms with Crippen molar-refractivity contribution in [3.05, 3.63) is 48.5 Å². The van der Waals surface area contributed by atoms with E-state index in [1.807, 2.05) is 57.3 Å². The van der Waals surface area contributed by atoms with Crippen molar-refractivity contribution in [1.82, 2.24) is 29.5 Å². The van der Waals surface area contributed by atoms with Gasteiger partial charge in [-0.25, -0.2) is 9.78 Å². The first-order chi connectivity index (χ1) is 23.6. The van der Waals surface area contributed by atoms with Gasteiger partial charge in [-0.15, -0.1) is 10.2 Å². The van der Waals surface area contributed by atoms with E-state index in [0.29, 0.717) is 42.8 Å². The van der Waals surface area contributed by atoms with Crippen LogP contribution < -0.4 is 15.4 Å². The molecule has 5 heterocycles. The molecule has 3 aliphatic heterocycles. The van der Waals surface area contributed by atoms with Gasteiger partial charge in [0.2, 0.25) is 0 Å². The second-order valence-electron chi connectivity index (χ2n) is 14.8. The molecule has 2 aromatic heterocycles. The Kier molecular flexibility index (Phi) is 9.67. The van der Waals surface area contributed by atoms with Gasteiger partial charge in [-0.3, -0.25) is 4.90 Å². The molecule has 4 aliphatic rings. The highest BCUT2D eigenvalue weighted by atomic mass is 16.7. The summed E-state index contributed by atoms with van der Waals surface area (Å²) in [6.07, 6.45) is 10.3. The molecule has 13 nitrogen and oxygen atoms in total. The third-order valence-electron chi connectivity index (χ3n) is 10.3. The molecule has 264 valence electrons. The molecule has 13 heteroatoms. The van der Waals surface area contributed by atoms with Gasteiger partial charge in [0.15, 0.2) is 12.6 Å². The molecule has 1 aromatic carbocycles. The number of nitrogen functional groups attached to an aromatic ring is 1. The molecule has 1 aliphatic carbocycles. The summed E-state index contributed by atoms with van der Waals surface area (Å²) in [5.41, 5.74) is 8.45. The largest absolute Gasteiger partial charge is 0.467 e. The molecule has 1 saturated carbocycles. The first-order valence-corrected chi connectivity index (χ1v) is 17.7. The molecular formula is C36H50N8O5. The zero-order valence-corrected chi connectivity index (χ0v) is 29.2. The monoisotopic (exact) mass is 674 g/mol. The minimum Gasteiger partial charge on any atom is -0.467 e. The van der Waals surface area contributed by atoms with E-state index >= 15 is 0 Å². The summed E-state index contributed by atoms with van der Waals surface area (Å²) in [7, 11) is 1.60. The van der Waals surface area contributed by atoms with Crippen LogP contribution in [0.15, 0.2) is 42.7 Å². The summed E-state index contributed by atoms with van der Waals surface area (Å²) < 4.78 is 25.3. The molecule has 1 amide bonds. The van der Waals surface area contributed by atoms with Crippen LogP contribution in [-0.2, 0) is 20.8 Å².